The Balaban J connectivity index is 1.86. The van der Waals surface area contributed by atoms with Crippen molar-refractivity contribution in [1.29, 1.82) is 0 Å². The zero-order valence-electron chi connectivity index (χ0n) is 11.9. The van der Waals surface area contributed by atoms with Crippen LogP contribution in [-0.2, 0) is 4.79 Å². The fraction of sp³-hybridized carbons (Fsp3) is 0.125. The minimum Gasteiger partial charge on any atom is -0.478 e. The number of nitrogens with one attached hydrogen (secondary N) is 1. The molecule has 0 spiro atoms. The molecule has 0 saturated heterocycles. The summed E-state index contributed by atoms with van der Waals surface area (Å²) in [4.78, 5) is 23.9. The molecule has 2 aromatic carbocycles. The van der Waals surface area contributed by atoms with E-state index in [1.54, 1.807) is 30.0 Å². The lowest BCUT2D eigenvalue weighted by Crippen LogP contribution is -2.12. The Labute approximate surface area is 147 Å². The summed E-state index contributed by atoms with van der Waals surface area (Å²) in [5, 5.41) is 12.5. The summed E-state index contributed by atoms with van der Waals surface area (Å²) < 4.78 is 0. The lowest BCUT2D eigenvalue weighted by atomic mass is 10.2. The minimum absolute atomic E-state index is 0.0417. The van der Waals surface area contributed by atoms with Gasteiger partial charge in [0, 0.05) is 27.8 Å². The van der Waals surface area contributed by atoms with Crippen LogP contribution in [0.5, 0.6) is 0 Å². The molecule has 0 atom stereocenters. The van der Waals surface area contributed by atoms with Gasteiger partial charge in [0.2, 0.25) is 5.91 Å². The highest BCUT2D eigenvalue weighted by Crippen LogP contribution is 2.22. The van der Waals surface area contributed by atoms with Crippen LogP contribution in [0, 0.1) is 0 Å². The van der Waals surface area contributed by atoms with E-state index in [1.165, 1.54) is 12.1 Å². The predicted molar refractivity (Wildman–Crippen MR) is 93.8 cm³/mol. The van der Waals surface area contributed by atoms with E-state index in [0.717, 1.165) is 4.90 Å². The number of benzene rings is 2. The van der Waals surface area contributed by atoms with Crippen LogP contribution in [0.1, 0.15) is 16.8 Å². The van der Waals surface area contributed by atoms with Crippen LogP contribution in [0.3, 0.4) is 0 Å². The molecule has 0 radical (unpaired) electrons. The third-order valence-corrected chi connectivity index (χ3v) is 4.49. The number of carboxylic acid groups (broad SMARTS) is 1. The lowest BCUT2D eigenvalue weighted by molar-refractivity contribution is -0.115. The Hall–Kier alpha value is -1.69. The Morgan fingerprint density at radius 1 is 1.09 bits per heavy atom. The molecule has 2 N–H and O–H groups in total. The summed E-state index contributed by atoms with van der Waals surface area (Å²) in [6.45, 7) is 0. The van der Waals surface area contributed by atoms with Crippen molar-refractivity contribution in [3.05, 3.63) is 58.1 Å². The largest absolute Gasteiger partial charge is 0.478 e. The summed E-state index contributed by atoms with van der Waals surface area (Å²) in [7, 11) is 0. The third-order valence-electron chi connectivity index (χ3n) is 2.89. The molecule has 1 amide bonds. The number of rotatable bonds is 6. The molecular formula is C16H13Cl2NO3S. The van der Waals surface area contributed by atoms with Crippen molar-refractivity contribution in [2.45, 2.75) is 11.3 Å². The molecule has 120 valence electrons. The fourth-order valence-electron chi connectivity index (χ4n) is 1.78. The number of carbonyl (C=O) groups excluding carboxylic acids is 1. The van der Waals surface area contributed by atoms with Gasteiger partial charge in [0.25, 0.3) is 0 Å². The molecule has 0 saturated carbocycles. The molecule has 0 unspecified atom stereocenters. The van der Waals surface area contributed by atoms with Crippen molar-refractivity contribution >= 4 is 52.5 Å². The molecule has 0 aromatic heterocycles. The van der Waals surface area contributed by atoms with Crippen molar-refractivity contribution < 1.29 is 14.7 Å². The smallest absolute Gasteiger partial charge is 0.337 e. The summed E-state index contributed by atoms with van der Waals surface area (Å²) in [5.74, 6) is -0.721. The Bertz CT molecular complexity index is 720. The summed E-state index contributed by atoms with van der Waals surface area (Å²) in [6.07, 6.45) is 0.304. The number of aromatic carboxylic acids is 1. The van der Waals surface area contributed by atoms with Crippen molar-refractivity contribution in [2.24, 2.45) is 0 Å². The molecule has 4 nitrogen and oxygen atoms in total. The van der Waals surface area contributed by atoms with Gasteiger partial charge < -0.3 is 10.4 Å². The number of carbonyl (C=O) groups is 2. The maximum atomic E-state index is 11.9. The highest BCUT2D eigenvalue weighted by molar-refractivity contribution is 7.99. The molecule has 0 aliphatic rings. The summed E-state index contributed by atoms with van der Waals surface area (Å²) >= 11 is 13.1. The van der Waals surface area contributed by atoms with Gasteiger partial charge in [-0.3, -0.25) is 4.79 Å². The molecule has 7 heteroatoms. The Kier molecular flexibility index (Phi) is 6.33. The van der Waals surface area contributed by atoms with E-state index in [0.29, 0.717) is 22.9 Å². The topological polar surface area (TPSA) is 66.4 Å². The number of amides is 1. The molecular weight excluding hydrogens is 357 g/mol. The SMILES string of the molecule is O=C(CCSc1ccc(Cl)cc1)Nc1ccc(Cl)c(C(=O)O)c1. The number of halogens is 2. The lowest BCUT2D eigenvalue weighted by Gasteiger charge is -2.07. The molecule has 0 aliphatic carbocycles. The molecule has 0 heterocycles. The monoisotopic (exact) mass is 369 g/mol. The van der Waals surface area contributed by atoms with Gasteiger partial charge in [-0.05, 0) is 42.5 Å². The first-order valence-electron chi connectivity index (χ1n) is 6.67. The molecule has 0 aliphatic heterocycles. The number of carboxylic acids is 1. The highest BCUT2D eigenvalue weighted by Gasteiger charge is 2.11. The van der Waals surface area contributed by atoms with E-state index in [-0.39, 0.29) is 16.5 Å². The quantitative estimate of drug-likeness (QED) is 0.716. The first-order valence-corrected chi connectivity index (χ1v) is 8.41. The average Bonchev–Trinajstić information content (AvgIpc) is 2.51. The zero-order chi connectivity index (χ0) is 16.8. The van der Waals surface area contributed by atoms with Gasteiger partial charge in [-0.25, -0.2) is 4.79 Å². The molecule has 2 rings (SSSR count). The average molecular weight is 370 g/mol. The van der Waals surface area contributed by atoms with Crippen LogP contribution in [0.2, 0.25) is 10.0 Å². The second-order valence-corrected chi connectivity index (χ2v) is 6.61. The van der Waals surface area contributed by atoms with E-state index in [4.69, 9.17) is 28.3 Å². The number of hydrogen-bond donors (Lipinski definition) is 2. The van der Waals surface area contributed by atoms with E-state index in [9.17, 15) is 9.59 Å². The van der Waals surface area contributed by atoms with Crippen LogP contribution in [0.4, 0.5) is 5.69 Å². The van der Waals surface area contributed by atoms with Crippen LogP contribution in [-0.4, -0.2) is 22.7 Å². The first-order chi connectivity index (χ1) is 11.0. The van der Waals surface area contributed by atoms with E-state index in [1.807, 2.05) is 12.1 Å². The van der Waals surface area contributed by atoms with Crippen molar-refractivity contribution in [3.63, 3.8) is 0 Å². The highest BCUT2D eigenvalue weighted by atomic mass is 35.5. The molecule has 0 fully saturated rings. The van der Waals surface area contributed by atoms with Gasteiger partial charge >= 0.3 is 5.97 Å². The number of hydrogen-bond acceptors (Lipinski definition) is 3. The molecule has 0 bridgehead atoms. The van der Waals surface area contributed by atoms with Crippen molar-refractivity contribution in [2.75, 3.05) is 11.1 Å². The van der Waals surface area contributed by atoms with Crippen LogP contribution in [0.15, 0.2) is 47.4 Å². The van der Waals surface area contributed by atoms with Crippen LogP contribution in [0.25, 0.3) is 0 Å². The Morgan fingerprint density at radius 3 is 2.43 bits per heavy atom. The van der Waals surface area contributed by atoms with Crippen LogP contribution >= 0.6 is 35.0 Å². The predicted octanol–water partition coefficient (Wildman–Crippen LogP) is 4.81. The minimum atomic E-state index is -1.13. The molecule has 23 heavy (non-hydrogen) atoms. The Morgan fingerprint density at radius 2 is 1.78 bits per heavy atom. The summed E-state index contributed by atoms with van der Waals surface area (Å²) in [6, 6.07) is 11.7. The maximum Gasteiger partial charge on any atom is 0.337 e. The maximum absolute atomic E-state index is 11.9. The van der Waals surface area contributed by atoms with Gasteiger partial charge in [0.05, 0.1) is 10.6 Å². The van der Waals surface area contributed by atoms with Gasteiger partial charge in [0.1, 0.15) is 0 Å². The normalized spacial score (nSPS) is 10.3. The van der Waals surface area contributed by atoms with E-state index < -0.39 is 5.97 Å². The van der Waals surface area contributed by atoms with E-state index in [2.05, 4.69) is 5.32 Å². The molecule has 2 aromatic rings. The zero-order valence-corrected chi connectivity index (χ0v) is 14.2. The first kappa shape index (κ1) is 17.7. The van der Waals surface area contributed by atoms with Gasteiger partial charge in [-0.1, -0.05) is 23.2 Å². The standard InChI is InChI=1S/C16H13Cl2NO3S/c17-10-1-4-12(5-2-10)23-8-7-15(20)19-11-3-6-14(18)13(9-11)16(21)22/h1-6,9H,7-8H2,(H,19,20)(H,21,22). The van der Waals surface area contributed by atoms with Gasteiger partial charge in [0.15, 0.2) is 0 Å². The number of thioether (sulfide) groups is 1. The van der Waals surface area contributed by atoms with Crippen molar-refractivity contribution in [3.8, 4) is 0 Å². The van der Waals surface area contributed by atoms with Gasteiger partial charge in [-0.15, -0.1) is 11.8 Å². The number of anilines is 1. The van der Waals surface area contributed by atoms with Gasteiger partial charge in [-0.2, -0.15) is 0 Å². The van der Waals surface area contributed by atoms with Crippen molar-refractivity contribution in [1.82, 2.24) is 0 Å². The third kappa shape index (κ3) is 5.46. The van der Waals surface area contributed by atoms with E-state index >= 15 is 0 Å². The summed E-state index contributed by atoms with van der Waals surface area (Å²) in [5.41, 5.74) is 0.369. The fourth-order valence-corrected chi connectivity index (χ4v) is 2.96. The van der Waals surface area contributed by atoms with Crippen LogP contribution < -0.4 is 5.32 Å². The second kappa shape index (κ2) is 8.24. The second-order valence-electron chi connectivity index (χ2n) is 4.60.